The normalized spacial score (nSPS) is 22.2. The van der Waals surface area contributed by atoms with E-state index in [1.165, 1.54) is 17.7 Å². The van der Waals surface area contributed by atoms with Crippen molar-refractivity contribution in [3.63, 3.8) is 0 Å². The number of hydrogen-bond donors (Lipinski definition) is 3. The van der Waals surface area contributed by atoms with Crippen LogP contribution in [0, 0.1) is 5.82 Å². The topological polar surface area (TPSA) is 71.0 Å². The number of ether oxygens (including phenoxy) is 2. The molecule has 2 aromatic rings. The number of aryl methyl sites for hydroxylation is 2. The van der Waals surface area contributed by atoms with Crippen LogP contribution in [0.25, 0.3) is 0 Å². The second kappa shape index (κ2) is 9.76. The molecular formula is C22H27ClFNO4. The molecule has 0 saturated heterocycles. The van der Waals surface area contributed by atoms with Crippen LogP contribution in [-0.4, -0.2) is 47.7 Å². The molecule has 0 unspecified atom stereocenters. The van der Waals surface area contributed by atoms with E-state index < -0.39 is 12.2 Å². The van der Waals surface area contributed by atoms with Crippen LogP contribution < -0.4 is 14.8 Å². The zero-order valence-corrected chi connectivity index (χ0v) is 16.9. The third kappa shape index (κ3) is 5.20. The minimum atomic E-state index is -0.710. The number of para-hydroxylation sites is 1. The van der Waals surface area contributed by atoms with Gasteiger partial charge in [0, 0.05) is 13.1 Å². The summed E-state index contributed by atoms with van der Waals surface area (Å²) in [7, 11) is 0. The van der Waals surface area contributed by atoms with Crippen molar-refractivity contribution >= 4 is 12.4 Å². The van der Waals surface area contributed by atoms with E-state index in [-0.39, 0.29) is 30.4 Å². The molecule has 3 N–H and O–H groups in total. The highest BCUT2D eigenvalue weighted by Crippen LogP contribution is 2.30. The Kier molecular flexibility index (Phi) is 7.35. The first-order chi connectivity index (χ1) is 13.6. The predicted molar refractivity (Wildman–Crippen MR) is 110 cm³/mol. The second-order valence-corrected chi connectivity index (χ2v) is 7.54. The Balaban J connectivity index is 0.00000240. The van der Waals surface area contributed by atoms with Gasteiger partial charge in [-0.25, -0.2) is 4.39 Å². The maximum absolute atomic E-state index is 13.3. The molecular weight excluding hydrogens is 397 g/mol. The molecule has 7 heteroatoms. The van der Waals surface area contributed by atoms with Crippen molar-refractivity contribution in [1.29, 1.82) is 0 Å². The van der Waals surface area contributed by atoms with E-state index in [4.69, 9.17) is 9.47 Å². The first kappa shape index (κ1) is 21.8. The van der Waals surface area contributed by atoms with Crippen LogP contribution in [0.1, 0.15) is 24.0 Å². The van der Waals surface area contributed by atoms with Gasteiger partial charge < -0.3 is 25.0 Å². The molecule has 2 aliphatic heterocycles. The zero-order chi connectivity index (χ0) is 19.5. The van der Waals surface area contributed by atoms with Crippen LogP contribution in [0.2, 0.25) is 0 Å². The number of aliphatic hydroxyl groups excluding tert-OH is 2. The van der Waals surface area contributed by atoms with E-state index in [1.54, 1.807) is 6.07 Å². The van der Waals surface area contributed by atoms with Crippen molar-refractivity contribution in [3.05, 3.63) is 59.4 Å². The number of halogens is 2. The molecule has 0 aromatic heterocycles. The number of aliphatic hydroxyl groups is 2. The summed E-state index contributed by atoms with van der Waals surface area (Å²) in [5.74, 6) is 1.19. The number of fused-ring (bicyclic) bond motifs is 2. The predicted octanol–water partition coefficient (Wildman–Crippen LogP) is 2.65. The smallest absolute Gasteiger partial charge is 0.126 e. The van der Waals surface area contributed by atoms with Gasteiger partial charge >= 0.3 is 0 Å². The van der Waals surface area contributed by atoms with E-state index in [2.05, 4.69) is 5.32 Å². The summed E-state index contributed by atoms with van der Waals surface area (Å²) >= 11 is 0. The molecule has 158 valence electrons. The fourth-order valence-corrected chi connectivity index (χ4v) is 3.91. The maximum Gasteiger partial charge on any atom is 0.126 e. The molecule has 0 radical (unpaired) electrons. The Morgan fingerprint density at radius 1 is 0.897 bits per heavy atom. The molecule has 2 heterocycles. The molecule has 29 heavy (non-hydrogen) atoms. The highest BCUT2D eigenvalue weighted by molar-refractivity contribution is 5.85. The maximum atomic E-state index is 13.3. The van der Waals surface area contributed by atoms with Gasteiger partial charge in [0.05, 0.1) is 0 Å². The minimum absolute atomic E-state index is 0. The minimum Gasteiger partial charge on any atom is -0.487 e. The van der Waals surface area contributed by atoms with E-state index in [9.17, 15) is 14.6 Å². The monoisotopic (exact) mass is 423 g/mol. The standard InChI is InChI=1S/C22H26FNO4.ClH/c23-16-7-10-20-15(11-16)6-9-22(28-20)18(26)13-24-12-17(25)21-8-5-14-3-1-2-4-19(14)27-21;/h1-4,7,10-11,17-18,21-22,24-26H,5-6,8-9,12-13H2;1H/t17-,18-,21-,22+;/m1./s1. The molecule has 0 fully saturated rings. The van der Waals surface area contributed by atoms with E-state index in [0.717, 1.165) is 24.2 Å². The fraction of sp³-hybridized carbons (Fsp3) is 0.455. The highest BCUT2D eigenvalue weighted by atomic mass is 35.5. The Labute approximate surface area is 176 Å². The lowest BCUT2D eigenvalue weighted by Crippen LogP contribution is -2.46. The lowest BCUT2D eigenvalue weighted by atomic mass is 9.98. The molecule has 5 nitrogen and oxygen atoms in total. The molecule has 0 aliphatic carbocycles. The number of nitrogens with one attached hydrogen (secondary N) is 1. The van der Waals surface area contributed by atoms with E-state index >= 15 is 0 Å². The Morgan fingerprint density at radius 3 is 2.17 bits per heavy atom. The quantitative estimate of drug-likeness (QED) is 0.666. The lowest BCUT2D eigenvalue weighted by molar-refractivity contribution is 0.00896. The molecule has 4 atom stereocenters. The van der Waals surface area contributed by atoms with Gasteiger partial charge in [-0.05, 0) is 61.1 Å². The molecule has 0 spiro atoms. The van der Waals surface area contributed by atoms with E-state index in [0.29, 0.717) is 31.7 Å². The number of hydrogen-bond acceptors (Lipinski definition) is 5. The summed E-state index contributed by atoms with van der Waals surface area (Å²) in [4.78, 5) is 0. The molecule has 0 saturated carbocycles. The molecule has 0 amide bonds. The van der Waals surface area contributed by atoms with Crippen molar-refractivity contribution in [2.45, 2.75) is 50.1 Å². The first-order valence-corrected chi connectivity index (χ1v) is 9.86. The Hall–Kier alpha value is -1.86. The van der Waals surface area contributed by atoms with Crippen molar-refractivity contribution < 1.29 is 24.1 Å². The first-order valence-electron chi connectivity index (χ1n) is 9.86. The van der Waals surface area contributed by atoms with Crippen LogP contribution in [0.4, 0.5) is 4.39 Å². The third-order valence-corrected chi connectivity index (χ3v) is 5.51. The summed E-state index contributed by atoms with van der Waals surface area (Å²) in [6.07, 6.45) is 0.984. The second-order valence-electron chi connectivity index (χ2n) is 7.54. The molecule has 2 aliphatic rings. The molecule has 4 rings (SSSR count). The molecule has 2 aromatic carbocycles. The van der Waals surface area contributed by atoms with Crippen molar-refractivity contribution in [3.8, 4) is 11.5 Å². The van der Waals surface area contributed by atoms with Gasteiger partial charge in [-0.15, -0.1) is 12.4 Å². The van der Waals surface area contributed by atoms with Crippen molar-refractivity contribution in [2.75, 3.05) is 13.1 Å². The van der Waals surface area contributed by atoms with Gasteiger partial charge in [0.2, 0.25) is 0 Å². The van der Waals surface area contributed by atoms with Crippen LogP contribution in [0.5, 0.6) is 11.5 Å². The average Bonchev–Trinajstić information content (AvgIpc) is 2.72. The number of benzene rings is 2. The largest absolute Gasteiger partial charge is 0.487 e. The van der Waals surface area contributed by atoms with Gasteiger partial charge in [-0.2, -0.15) is 0 Å². The molecule has 0 bridgehead atoms. The van der Waals surface area contributed by atoms with Gasteiger partial charge in [0.25, 0.3) is 0 Å². The Bertz CT molecular complexity index is 821. The highest BCUT2D eigenvalue weighted by Gasteiger charge is 2.28. The summed E-state index contributed by atoms with van der Waals surface area (Å²) in [5.41, 5.74) is 2.01. The van der Waals surface area contributed by atoms with Gasteiger partial charge in [-0.3, -0.25) is 0 Å². The van der Waals surface area contributed by atoms with Crippen LogP contribution in [0.3, 0.4) is 0 Å². The van der Waals surface area contributed by atoms with Crippen LogP contribution >= 0.6 is 12.4 Å². The summed E-state index contributed by atoms with van der Waals surface area (Å²) in [6, 6.07) is 12.3. The fourth-order valence-electron chi connectivity index (χ4n) is 3.91. The zero-order valence-electron chi connectivity index (χ0n) is 16.1. The Morgan fingerprint density at radius 2 is 1.48 bits per heavy atom. The SMILES string of the molecule is Cl.O[C@H](CNC[C@@H](O)[C@H]1CCc2ccccc2O1)[C@@H]1CCc2cc(F)ccc2O1. The number of rotatable bonds is 6. The van der Waals surface area contributed by atoms with Gasteiger partial charge in [0.15, 0.2) is 0 Å². The summed E-state index contributed by atoms with van der Waals surface area (Å²) in [6.45, 7) is 0.639. The van der Waals surface area contributed by atoms with Crippen LogP contribution in [-0.2, 0) is 12.8 Å². The van der Waals surface area contributed by atoms with E-state index in [1.807, 2.05) is 24.3 Å². The third-order valence-electron chi connectivity index (χ3n) is 5.51. The summed E-state index contributed by atoms with van der Waals surface area (Å²) < 4.78 is 25.0. The van der Waals surface area contributed by atoms with Crippen LogP contribution in [0.15, 0.2) is 42.5 Å². The summed E-state index contributed by atoms with van der Waals surface area (Å²) in [5, 5.41) is 24.0. The van der Waals surface area contributed by atoms with Crippen molar-refractivity contribution in [2.24, 2.45) is 0 Å². The lowest BCUT2D eigenvalue weighted by Gasteiger charge is -2.31. The van der Waals surface area contributed by atoms with Gasteiger partial charge in [0.1, 0.15) is 41.7 Å². The van der Waals surface area contributed by atoms with Crippen molar-refractivity contribution in [1.82, 2.24) is 5.32 Å². The average molecular weight is 424 g/mol. The van der Waals surface area contributed by atoms with Gasteiger partial charge in [-0.1, -0.05) is 18.2 Å².